The van der Waals surface area contributed by atoms with Crippen LogP contribution in [0.25, 0.3) is 10.9 Å². The predicted molar refractivity (Wildman–Crippen MR) is 106 cm³/mol. The minimum absolute atomic E-state index is 0.172. The molecule has 2 atom stereocenters. The SMILES string of the molecule is CC(C)OC(=O)C1(C(=O)OC(C)C)C[C@H]2CNC[C@@H]2c2c1[nH]c1ccccc21. The Balaban J connectivity index is 1.96. The number of aromatic nitrogens is 1. The van der Waals surface area contributed by atoms with Gasteiger partial charge in [-0.05, 0) is 58.2 Å². The van der Waals surface area contributed by atoms with Crippen LogP contribution in [0.4, 0.5) is 0 Å². The molecule has 0 amide bonds. The van der Waals surface area contributed by atoms with Crippen molar-refractivity contribution in [3.63, 3.8) is 0 Å². The van der Waals surface area contributed by atoms with E-state index in [9.17, 15) is 9.59 Å². The summed E-state index contributed by atoms with van der Waals surface area (Å²) < 4.78 is 11.2. The van der Waals surface area contributed by atoms with Gasteiger partial charge in [0, 0.05) is 29.1 Å². The van der Waals surface area contributed by atoms with Gasteiger partial charge < -0.3 is 19.8 Å². The molecule has 1 aromatic heterocycles. The van der Waals surface area contributed by atoms with Crippen molar-refractivity contribution < 1.29 is 19.1 Å². The van der Waals surface area contributed by atoms with Gasteiger partial charge in [-0.3, -0.25) is 9.59 Å². The molecule has 28 heavy (non-hydrogen) atoms. The molecule has 0 bridgehead atoms. The summed E-state index contributed by atoms with van der Waals surface area (Å²) in [7, 11) is 0. The molecule has 6 heteroatoms. The molecule has 0 radical (unpaired) electrons. The number of carbonyl (C=O) groups excluding carboxylic acids is 2. The Labute approximate surface area is 165 Å². The summed E-state index contributed by atoms with van der Waals surface area (Å²) in [5.41, 5.74) is 1.17. The van der Waals surface area contributed by atoms with E-state index in [0.717, 1.165) is 29.6 Å². The molecule has 2 aliphatic rings. The van der Waals surface area contributed by atoms with Gasteiger partial charge in [-0.1, -0.05) is 18.2 Å². The average molecular weight is 384 g/mol. The van der Waals surface area contributed by atoms with Crippen LogP contribution in [0.5, 0.6) is 0 Å². The lowest BCUT2D eigenvalue weighted by Gasteiger charge is -2.39. The number of carbonyl (C=O) groups is 2. The van der Waals surface area contributed by atoms with E-state index in [2.05, 4.69) is 16.4 Å². The van der Waals surface area contributed by atoms with Crippen molar-refractivity contribution in [2.75, 3.05) is 13.1 Å². The molecule has 1 saturated heterocycles. The molecule has 150 valence electrons. The molecule has 1 aliphatic heterocycles. The third-order valence-corrected chi connectivity index (χ3v) is 5.83. The second-order valence-corrected chi connectivity index (χ2v) is 8.50. The van der Waals surface area contributed by atoms with Crippen LogP contribution in [0.15, 0.2) is 24.3 Å². The minimum Gasteiger partial charge on any atom is -0.462 e. The van der Waals surface area contributed by atoms with Crippen molar-refractivity contribution in [1.29, 1.82) is 0 Å². The Morgan fingerprint density at radius 1 is 1.04 bits per heavy atom. The highest BCUT2D eigenvalue weighted by molar-refractivity contribution is 6.08. The number of aromatic amines is 1. The highest BCUT2D eigenvalue weighted by Gasteiger charge is 2.59. The van der Waals surface area contributed by atoms with Crippen LogP contribution in [0.2, 0.25) is 0 Å². The maximum Gasteiger partial charge on any atom is 0.329 e. The van der Waals surface area contributed by atoms with Gasteiger partial charge in [0.15, 0.2) is 0 Å². The smallest absolute Gasteiger partial charge is 0.329 e. The highest BCUT2D eigenvalue weighted by Crippen LogP contribution is 2.51. The summed E-state index contributed by atoms with van der Waals surface area (Å²) >= 11 is 0. The molecule has 1 aromatic carbocycles. The van der Waals surface area contributed by atoms with Crippen LogP contribution in [0, 0.1) is 5.92 Å². The molecule has 0 spiro atoms. The van der Waals surface area contributed by atoms with Crippen molar-refractivity contribution in [1.82, 2.24) is 10.3 Å². The largest absolute Gasteiger partial charge is 0.462 e. The van der Waals surface area contributed by atoms with Gasteiger partial charge in [0.1, 0.15) is 0 Å². The summed E-state index contributed by atoms with van der Waals surface area (Å²) in [6.07, 6.45) is -0.242. The molecular formula is C22H28N2O4. The van der Waals surface area contributed by atoms with Crippen molar-refractivity contribution in [3.05, 3.63) is 35.5 Å². The maximum atomic E-state index is 13.4. The molecular weight excluding hydrogens is 356 g/mol. The number of H-pyrrole nitrogens is 1. The zero-order valence-electron chi connectivity index (χ0n) is 16.9. The first kappa shape index (κ1) is 19.0. The average Bonchev–Trinajstić information content (AvgIpc) is 3.23. The van der Waals surface area contributed by atoms with E-state index in [4.69, 9.17) is 9.47 Å². The summed E-state index contributed by atoms with van der Waals surface area (Å²) in [4.78, 5) is 30.2. The molecule has 0 unspecified atom stereocenters. The quantitative estimate of drug-likeness (QED) is 0.626. The van der Waals surface area contributed by atoms with Gasteiger partial charge in [-0.2, -0.15) is 0 Å². The first-order valence-corrected chi connectivity index (χ1v) is 10.1. The fraction of sp³-hybridized carbons (Fsp3) is 0.545. The Morgan fingerprint density at radius 2 is 1.68 bits per heavy atom. The lowest BCUT2D eigenvalue weighted by atomic mass is 9.65. The fourth-order valence-electron chi connectivity index (χ4n) is 4.75. The topological polar surface area (TPSA) is 80.4 Å². The summed E-state index contributed by atoms with van der Waals surface area (Å²) in [5.74, 6) is -0.610. The number of rotatable bonds is 4. The van der Waals surface area contributed by atoms with Gasteiger partial charge in [-0.25, -0.2) is 0 Å². The number of para-hydroxylation sites is 1. The molecule has 2 aromatic rings. The van der Waals surface area contributed by atoms with E-state index < -0.39 is 17.4 Å². The number of nitrogens with one attached hydrogen (secondary N) is 2. The van der Waals surface area contributed by atoms with Crippen LogP contribution in [0.1, 0.15) is 51.3 Å². The molecule has 0 saturated carbocycles. The van der Waals surface area contributed by atoms with Crippen LogP contribution in [-0.2, 0) is 24.5 Å². The van der Waals surface area contributed by atoms with Crippen LogP contribution < -0.4 is 5.32 Å². The Morgan fingerprint density at radius 3 is 2.32 bits per heavy atom. The van der Waals surface area contributed by atoms with E-state index in [1.165, 1.54) is 0 Å². The Kier molecular flexibility index (Phi) is 4.70. The Hall–Kier alpha value is -2.34. The summed E-state index contributed by atoms with van der Waals surface area (Å²) in [5, 5.41) is 4.50. The van der Waals surface area contributed by atoms with E-state index in [-0.39, 0.29) is 24.0 Å². The molecule has 4 rings (SSSR count). The van der Waals surface area contributed by atoms with Crippen molar-refractivity contribution in [3.8, 4) is 0 Å². The van der Waals surface area contributed by atoms with E-state index in [0.29, 0.717) is 12.1 Å². The molecule has 6 nitrogen and oxygen atoms in total. The van der Waals surface area contributed by atoms with Gasteiger partial charge in [0.05, 0.1) is 12.2 Å². The second kappa shape index (κ2) is 6.92. The third-order valence-electron chi connectivity index (χ3n) is 5.83. The fourth-order valence-corrected chi connectivity index (χ4v) is 4.75. The van der Waals surface area contributed by atoms with E-state index in [1.54, 1.807) is 27.7 Å². The van der Waals surface area contributed by atoms with Gasteiger partial charge in [-0.15, -0.1) is 0 Å². The van der Waals surface area contributed by atoms with E-state index in [1.807, 2.05) is 18.2 Å². The first-order chi connectivity index (χ1) is 13.3. The number of esters is 2. The van der Waals surface area contributed by atoms with E-state index >= 15 is 0 Å². The van der Waals surface area contributed by atoms with Crippen LogP contribution in [-0.4, -0.2) is 42.2 Å². The Bertz CT molecular complexity index is 892. The van der Waals surface area contributed by atoms with Gasteiger partial charge >= 0.3 is 11.9 Å². The highest BCUT2D eigenvalue weighted by atomic mass is 16.6. The molecule has 2 heterocycles. The third kappa shape index (κ3) is 2.82. The standard InChI is InChI=1S/C22H28N2O4/c1-12(2)27-20(25)22(21(26)28-13(3)4)9-14-10-23-11-16(14)18-15-7-5-6-8-17(15)24-19(18)22/h5-8,12-14,16,23-24H,9-11H2,1-4H3/t14-,16-/m0/s1. The normalized spacial score (nSPS) is 22.9. The summed E-state index contributed by atoms with van der Waals surface area (Å²) in [6.45, 7) is 8.81. The minimum atomic E-state index is -1.46. The number of ether oxygens (including phenoxy) is 2. The zero-order chi connectivity index (χ0) is 20.1. The van der Waals surface area contributed by atoms with Crippen molar-refractivity contribution in [2.45, 2.75) is 57.7 Å². The molecule has 2 N–H and O–H groups in total. The monoisotopic (exact) mass is 384 g/mol. The number of benzene rings is 1. The maximum absolute atomic E-state index is 13.4. The summed E-state index contributed by atoms with van der Waals surface area (Å²) in [6, 6.07) is 7.98. The zero-order valence-corrected chi connectivity index (χ0v) is 16.9. The van der Waals surface area contributed by atoms with Crippen molar-refractivity contribution >= 4 is 22.8 Å². The number of hydrogen-bond donors (Lipinski definition) is 2. The van der Waals surface area contributed by atoms with Crippen LogP contribution >= 0.6 is 0 Å². The van der Waals surface area contributed by atoms with Crippen LogP contribution in [0.3, 0.4) is 0 Å². The number of hydrogen-bond acceptors (Lipinski definition) is 5. The predicted octanol–water partition coefficient (Wildman–Crippen LogP) is 3.02. The number of fused-ring (bicyclic) bond motifs is 5. The van der Waals surface area contributed by atoms with Gasteiger partial charge in [0.2, 0.25) is 5.41 Å². The lowest BCUT2D eigenvalue weighted by molar-refractivity contribution is -0.171. The van der Waals surface area contributed by atoms with Gasteiger partial charge in [0.25, 0.3) is 0 Å². The first-order valence-electron chi connectivity index (χ1n) is 10.1. The molecule has 1 fully saturated rings. The second-order valence-electron chi connectivity index (χ2n) is 8.50. The lowest BCUT2D eigenvalue weighted by Crippen LogP contribution is -2.52. The van der Waals surface area contributed by atoms with Crippen molar-refractivity contribution in [2.24, 2.45) is 5.92 Å². The molecule has 1 aliphatic carbocycles.